The summed E-state index contributed by atoms with van der Waals surface area (Å²) in [5.74, 6) is 0.944. The van der Waals surface area contributed by atoms with E-state index >= 15 is 0 Å². The highest BCUT2D eigenvalue weighted by Gasteiger charge is 2.19. The summed E-state index contributed by atoms with van der Waals surface area (Å²) >= 11 is 0. The zero-order valence-corrected chi connectivity index (χ0v) is 13.0. The van der Waals surface area contributed by atoms with Crippen LogP contribution in [-0.4, -0.2) is 41.3 Å². The summed E-state index contributed by atoms with van der Waals surface area (Å²) in [5, 5.41) is 1.04. The molecule has 0 saturated carbocycles. The molecule has 3 heterocycles. The topological polar surface area (TPSA) is 51.1 Å². The molecule has 1 fully saturated rings. The van der Waals surface area contributed by atoms with Crippen LogP contribution in [0, 0.1) is 13.8 Å². The number of fused-ring (bicyclic) bond motifs is 1. The average Bonchev–Trinajstić information content (AvgIpc) is 2.47. The third-order valence-corrected chi connectivity index (χ3v) is 4.02. The Morgan fingerprint density at radius 3 is 2.90 bits per heavy atom. The summed E-state index contributed by atoms with van der Waals surface area (Å²) in [5.41, 5.74) is 2.93. The van der Waals surface area contributed by atoms with Crippen LogP contribution >= 0.6 is 0 Å². The van der Waals surface area contributed by atoms with Gasteiger partial charge in [-0.25, -0.2) is 15.0 Å². The molecule has 0 aliphatic carbocycles. The minimum atomic E-state index is 0.299. The lowest BCUT2D eigenvalue weighted by atomic mass is 10.1. The van der Waals surface area contributed by atoms with Gasteiger partial charge in [0.1, 0.15) is 12.1 Å². The normalized spacial score (nSPS) is 18.9. The van der Waals surface area contributed by atoms with Crippen molar-refractivity contribution >= 4 is 16.9 Å². The van der Waals surface area contributed by atoms with E-state index in [9.17, 15) is 0 Å². The van der Waals surface area contributed by atoms with Gasteiger partial charge in [0.25, 0.3) is 0 Å². The van der Waals surface area contributed by atoms with Crippen molar-refractivity contribution < 1.29 is 4.74 Å². The number of ether oxygens (including phenoxy) is 1. The molecule has 1 aliphatic heterocycles. The SMILES string of the molecule is Cc1cc(C)c2c(N(C)C[C@H]3CCCCO3)ncnc2n1. The van der Waals surface area contributed by atoms with Crippen LogP contribution in [0.3, 0.4) is 0 Å². The summed E-state index contributed by atoms with van der Waals surface area (Å²) in [7, 11) is 2.07. The fourth-order valence-electron chi connectivity index (χ4n) is 3.02. The number of aryl methyl sites for hydroxylation is 2. The van der Waals surface area contributed by atoms with Crippen LogP contribution in [0.4, 0.5) is 5.82 Å². The highest BCUT2D eigenvalue weighted by Crippen LogP contribution is 2.26. The van der Waals surface area contributed by atoms with Crippen LogP contribution in [0.15, 0.2) is 12.4 Å². The lowest BCUT2D eigenvalue weighted by Crippen LogP contribution is -2.34. The molecular weight excluding hydrogens is 264 g/mol. The predicted octanol–water partition coefficient (Wildman–Crippen LogP) is 2.65. The van der Waals surface area contributed by atoms with Gasteiger partial charge in [0.15, 0.2) is 5.65 Å². The van der Waals surface area contributed by atoms with Gasteiger partial charge in [-0.3, -0.25) is 0 Å². The van der Waals surface area contributed by atoms with E-state index in [1.165, 1.54) is 18.4 Å². The number of pyridine rings is 1. The van der Waals surface area contributed by atoms with E-state index in [1.54, 1.807) is 6.33 Å². The molecule has 0 N–H and O–H groups in total. The molecule has 2 aromatic rings. The molecule has 0 spiro atoms. The monoisotopic (exact) mass is 286 g/mol. The molecule has 21 heavy (non-hydrogen) atoms. The van der Waals surface area contributed by atoms with Crippen LogP contribution in [0.2, 0.25) is 0 Å². The summed E-state index contributed by atoms with van der Waals surface area (Å²) in [6.07, 6.45) is 5.46. The standard InChI is InChI=1S/C16H22N4O/c1-11-8-12(2)19-15-14(11)16(18-10-17-15)20(3)9-13-6-4-5-7-21-13/h8,10,13H,4-7,9H2,1-3H3/t13-/m1/s1. The maximum Gasteiger partial charge on any atom is 0.165 e. The van der Waals surface area contributed by atoms with Gasteiger partial charge in [-0.05, 0) is 44.7 Å². The van der Waals surface area contributed by atoms with E-state index in [-0.39, 0.29) is 0 Å². The van der Waals surface area contributed by atoms with Crippen LogP contribution in [0.5, 0.6) is 0 Å². The average molecular weight is 286 g/mol. The molecule has 1 saturated heterocycles. The maximum atomic E-state index is 5.83. The first kappa shape index (κ1) is 14.2. The summed E-state index contributed by atoms with van der Waals surface area (Å²) in [6.45, 7) is 5.82. The van der Waals surface area contributed by atoms with Crippen molar-refractivity contribution in [1.29, 1.82) is 0 Å². The molecule has 1 atom stereocenters. The lowest BCUT2D eigenvalue weighted by Gasteiger charge is -2.28. The fourth-order valence-corrected chi connectivity index (χ4v) is 3.02. The van der Waals surface area contributed by atoms with E-state index in [4.69, 9.17) is 4.74 Å². The molecule has 112 valence electrons. The highest BCUT2D eigenvalue weighted by atomic mass is 16.5. The first-order valence-corrected chi connectivity index (χ1v) is 7.57. The first-order valence-electron chi connectivity index (χ1n) is 7.57. The zero-order valence-electron chi connectivity index (χ0n) is 13.0. The fraction of sp³-hybridized carbons (Fsp3) is 0.562. The number of nitrogens with zero attached hydrogens (tertiary/aromatic N) is 4. The Morgan fingerprint density at radius 1 is 1.29 bits per heavy atom. The van der Waals surface area contributed by atoms with E-state index in [0.717, 1.165) is 42.1 Å². The largest absolute Gasteiger partial charge is 0.376 e. The van der Waals surface area contributed by atoms with Crippen LogP contribution in [-0.2, 0) is 4.74 Å². The van der Waals surface area contributed by atoms with Crippen LogP contribution < -0.4 is 4.90 Å². The lowest BCUT2D eigenvalue weighted by molar-refractivity contribution is 0.0215. The number of hydrogen-bond acceptors (Lipinski definition) is 5. The third kappa shape index (κ3) is 2.97. The van der Waals surface area contributed by atoms with Gasteiger partial charge in [0, 0.05) is 25.9 Å². The minimum absolute atomic E-state index is 0.299. The van der Waals surface area contributed by atoms with E-state index in [2.05, 4.69) is 39.9 Å². The quantitative estimate of drug-likeness (QED) is 0.868. The van der Waals surface area contributed by atoms with Crippen molar-refractivity contribution in [3.05, 3.63) is 23.7 Å². The molecule has 2 aromatic heterocycles. The molecule has 0 radical (unpaired) electrons. The number of aromatic nitrogens is 3. The van der Waals surface area contributed by atoms with Gasteiger partial charge in [0.2, 0.25) is 0 Å². The highest BCUT2D eigenvalue weighted by molar-refractivity contribution is 5.89. The second-order valence-corrected chi connectivity index (χ2v) is 5.85. The van der Waals surface area contributed by atoms with Crippen LogP contribution in [0.25, 0.3) is 11.0 Å². The molecule has 0 amide bonds. The Bertz CT molecular complexity index is 637. The Kier molecular flexibility index (Phi) is 4.01. The van der Waals surface area contributed by atoms with Gasteiger partial charge >= 0.3 is 0 Å². The van der Waals surface area contributed by atoms with E-state index in [0.29, 0.717) is 6.10 Å². The first-order chi connectivity index (χ1) is 10.1. The van der Waals surface area contributed by atoms with Crippen molar-refractivity contribution in [2.24, 2.45) is 0 Å². The van der Waals surface area contributed by atoms with Crippen molar-refractivity contribution in [1.82, 2.24) is 15.0 Å². The Morgan fingerprint density at radius 2 is 2.14 bits per heavy atom. The second kappa shape index (κ2) is 5.93. The van der Waals surface area contributed by atoms with Gasteiger partial charge in [-0.2, -0.15) is 0 Å². The van der Waals surface area contributed by atoms with Gasteiger partial charge in [-0.15, -0.1) is 0 Å². The number of rotatable bonds is 3. The van der Waals surface area contributed by atoms with Gasteiger partial charge in [0.05, 0.1) is 11.5 Å². The molecule has 0 unspecified atom stereocenters. The molecular formula is C16H22N4O. The minimum Gasteiger partial charge on any atom is -0.376 e. The predicted molar refractivity (Wildman–Crippen MR) is 83.7 cm³/mol. The van der Waals surface area contributed by atoms with Crippen molar-refractivity contribution in [2.75, 3.05) is 25.1 Å². The number of likely N-dealkylation sites (N-methyl/N-ethyl adjacent to an activating group) is 1. The smallest absolute Gasteiger partial charge is 0.165 e. The Labute approximate surface area is 125 Å². The van der Waals surface area contributed by atoms with Crippen molar-refractivity contribution in [2.45, 2.75) is 39.2 Å². The van der Waals surface area contributed by atoms with Crippen LogP contribution in [0.1, 0.15) is 30.5 Å². The molecule has 5 nitrogen and oxygen atoms in total. The molecule has 3 rings (SSSR count). The maximum absolute atomic E-state index is 5.83. The summed E-state index contributed by atoms with van der Waals surface area (Å²) < 4.78 is 5.83. The van der Waals surface area contributed by atoms with Crippen molar-refractivity contribution in [3.8, 4) is 0 Å². The van der Waals surface area contributed by atoms with Crippen molar-refractivity contribution in [3.63, 3.8) is 0 Å². The Balaban J connectivity index is 1.92. The molecule has 5 heteroatoms. The summed E-state index contributed by atoms with van der Waals surface area (Å²) in [6, 6.07) is 2.08. The third-order valence-electron chi connectivity index (χ3n) is 4.02. The number of hydrogen-bond donors (Lipinski definition) is 0. The molecule has 0 aromatic carbocycles. The number of anilines is 1. The van der Waals surface area contributed by atoms with E-state index < -0.39 is 0 Å². The summed E-state index contributed by atoms with van der Waals surface area (Å²) in [4.78, 5) is 15.5. The van der Waals surface area contributed by atoms with Gasteiger partial charge < -0.3 is 9.64 Å². The zero-order chi connectivity index (χ0) is 14.8. The second-order valence-electron chi connectivity index (χ2n) is 5.85. The Hall–Kier alpha value is -1.75. The van der Waals surface area contributed by atoms with Gasteiger partial charge in [-0.1, -0.05) is 0 Å². The van der Waals surface area contributed by atoms with E-state index in [1.807, 2.05) is 6.92 Å². The molecule has 1 aliphatic rings. The molecule has 0 bridgehead atoms.